The fourth-order valence-electron chi connectivity index (χ4n) is 4.40. The Morgan fingerprint density at radius 2 is 1.55 bits per heavy atom. The number of rotatable bonds is 6. The van der Waals surface area contributed by atoms with Crippen molar-refractivity contribution in [3.8, 4) is 11.3 Å². The van der Waals surface area contributed by atoms with Crippen molar-refractivity contribution in [1.82, 2.24) is 14.8 Å². The van der Waals surface area contributed by atoms with Crippen molar-refractivity contribution in [1.29, 1.82) is 0 Å². The molecule has 1 amide bonds. The van der Waals surface area contributed by atoms with Crippen LogP contribution in [-0.2, 0) is 0 Å². The number of hydrogen-bond acceptors (Lipinski definition) is 5. The first kappa shape index (κ1) is 23.1. The zero-order valence-corrected chi connectivity index (χ0v) is 19.8. The molecule has 2 heterocycles. The van der Waals surface area contributed by atoms with Gasteiger partial charge in [-0.3, -0.25) is 9.69 Å². The molecule has 0 radical (unpaired) electrons. The number of hydrogen-bond donors (Lipinski definition) is 1. The van der Waals surface area contributed by atoms with E-state index in [-0.39, 0.29) is 18.0 Å². The molecule has 2 N–H and O–H groups in total. The Balaban J connectivity index is 1.96. The Labute approximate surface area is 187 Å². The molecule has 0 bridgehead atoms. The zero-order valence-electron chi connectivity index (χ0n) is 19.8. The van der Waals surface area contributed by atoms with E-state index in [0.29, 0.717) is 23.0 Å². The average molecular weight is 424 g/mol. The van der Waals surface area contributed by atoms with E-state index in [9.17, 15) is 4.79 Å². The van der Waals surface area contributed by atoms with Crippen molar-refractivity contribution in [2.75, 3.05) is 36.8 Å². The van der Waals surface area contributed by atoms with Gasteiger partial charge in [0.1, 0.15) is 5.82 Å². The number of piperazine rings is 1. The number of benzene rings is 1. The summed E-state index contributed by atoms with van der Waals surface area (Å²) in [6.45, 7) is 16.6. The van der Waals surface area contributed by atoms with Gasteiger partial charge >= 0.3 is 0 Å². The number of carbonyl (C=O) groups is 1. The number of nitrogen functional groups attached to an aromatic ring is 1. The Morgan fingerprint density at radius 1 is 0.935 bits per heavy atom. The van der Waals surface area contributed by atoms with E-state index in [1.54, 1.807) is 0 Å². The lowest BCUT2D eigenvalue weighted by atomic mass is 10.0. The third-order valence-corrected chi connectivity index (χ3v) is 6.04. The van der Waals surface area contributed by atoms with E-state index in [2.05, 4.69) is 23.6 Å². The highest BCUT2D eigenvalue weighted by Gasteiger charge is 2.26. The molecule has 0 spiro atoms. The quantitative estimate of drug-likeness (QED) is 0.757. The van der Waals surface area contributed by atoms with Gasteiger partial charge < -0.3 is 15.5 Å². The van der Waals surface area contributed by atoms with Crippen LogP contribution in [0.1, 0.15) is 51.9 Å². The predicted molar refractivity (Wildman–Crippen MR) is 129 cm³/mol. The first-order valence-corrected chi connectivity index (χ1v) is 11.4. The summed E-state index contributed by atoms with van der Waals surface area (Å²) >= 11 is 0. The van der Waals surface area contributed by atoms with Crippen molar-refractivity contribution >= 4 is 17.4 Å². The average Bonchev–Trinajstić information content (AvgIpc) is 2.73. The normalized spacial score (nSPS) is 15.2. The first-order chi connectivity index (χ1) is 14.7. The van der Waals surface area contributed by atoms with E-state index in [1.807, 2.05) is 69.0 Å². The summed E-state index contributed by atoms with van der Waals surface area (Å²) in [5, 5.41) is 0. The molecule has 2 aromatic rings. The molecule has 168 valence electrons. The summed E-state index contributed by atoms with van der Waals surface area (Å²) in [5.74, 6) is 0.928. The minimum Gasteiger partial charge on any atom is -0.397 e. The first-order valence-electron chi connectivity index (χ1n) is 11.4. The van der Waals surface area contributed by atoms with Crippen LogP contribution < -0.4 is 10.6 Å². The molecule has 3 rings (SSSR count). The molecule has 0 saturated carbocycles. The second kappa shape index (κ2) is 9.69. The number of anilines is 2. The maximum absolute atomic E-state index is 13.5. The SMILES string of the molecule is CC(C)N1CCN(c2ccc(N)c(-c3ccccc3C(=O)N(C(C)C)C(C)C)n2)CC1. The molecule has 1 aromatic heterocycles. The highest BCUT2D eigenvalue weighted by atomic mass is 16.2. The molecular weight excluding hydrogens is 386 g/mol. The summed E-state index contributed by atoms with van der Waals surface area (Å²) in [4.78, 5) is 25.1. The van der Waals surface area contributed by atoms with Gasteiger partial charge in [-0.15, -0.1) is 0 Å². The summed E-state index contributed by atoms with van der Waals surface area (Å²) < 4.78 is 0. The Kier molecular flexibility index (Phi) is 7.21. The van der Waals surface area contributed by atoms with Crippen LogP contribution >= 0.6 is 0 Å². The Morgan fingerprint density at radius 3 is 2.13 bits per heavy atom. The topological polar surface area (TPSA) is 65.7 Å². The zero-order chi connectivity index (χ0) is 22.7. The predicted octanol–water partition coefficient (Wildman–Crippen LogP) is 4.12. The van der Waals surface area contributed by atoms with Gasteiger partial charge in [0, 0.05) is 55.4 Å². The molecule has 0 aliphatic carbocycles. The third-order valence-electron chi connectivity index (χ3n) is 6.04. The van der Waals surface area contributed by atoms with Crippen LogP contribution in [0, 0.1) is 0 Å². The highest BCUT2D eigenvalue weighted by Crippen LogP contribution is 2.31. The third kappa shape index (κ3) is 5.01. The van der Waals surface area contributed by atoms with E-state index < -0.39 is 0 Å². The van der Waals surface area contributed by atoms with Crippen molar-refractivity contribution in [3.05, 3.63) is 42.0 Å². The molecule has 6 heteroatoms. The van der Waals surface area contributed by atoms with Crippen LogP contribution in [0.15, 0.2) is 36.4 Å². The van der Waals surface area contributed by atoms with Crippen molar-refractivity contribution in [3.63, 3.8) is 0 Å². The molecule has 1 aromatic carbocycles. The number of pyridine rings is 1. The van der Waals surface area contributed by atoms with E-state index in [1.165, 1.54) is 0 Å². The van der Waals surface area contributed by atoms with Crippen LogP contribution in [0.25, 0.3) is 11.3 Å². The van der Waals surface area contributed by atoms with Crippen LogP contribution in [0.3, 0.4) is 0 Å². The maximum Gasteiger partial charge on any atom is 0.255 e. The molecule has 0 unspecified atom stereocenters. The monoisotopic (exact) mass is 423 g/mol. The van der Waals surface area contributed by atoms with Crippen molar-refractivity contribution in [2.45, 2.75) is 59.7 Å². The van der Waals surface area contributed by atoms with Gasteiger partial charge in [0.25, 0.3) is 5.91 Å². The molecule has 0 atom stereocenters. The number of nitrogens with two attached hydrogens (primary N) is 1. The summed E-state index contributed by atoms with van der Waals surface area (Å²) in [6.07, 6.45) is 0. The van der Waals surface area contributed by atoms with Gasteiger partial charge in [-0.25, -0.2) is 4.98 Å². The highest BCUT2D eigenvalue weighted by molar-refractivity contribution is 6.02. The van der Waals surface area contributed by atoms with Gasteiger partial charge in [-0.1, -0.05) is 18.2 Å². The van der Waals surface area contributed by atoms with Crippen molar-refractivity contribution < 1.29 is 4.79 Å². The smallest absolute Gasteiger partial charge is 0.255 e. The molecular formula is C25H37N5O. The minimum absolute atomic E-state index is 0.0118. The summed E-state index contributed by atoms with van der Waals surface area (Å²) in [6, 6.07) is 12.3. The van der Waals surface area contributed by atoms with Gasteiger partial charge in [-0.2, -0.15) is 0 Å². The van der Waals surface area contributed by atoms with E-state index >= 15 is 0 Å². The van der Waals surface area contributed by atoms with Gasteiger partial charge in [0.05, 0.1) is 11.4 Å². The van der Waals surface area contributed by atoms with Crippen LogP contribution in [-0.4, -0.2) is 65.0 Å². The van der Waals surface area contributed by atoms with Crippen molar-refractivity contribution in [2.24, 2.45) is 0 Å². The van der Waals surface area contributed by atoms with Crippen LogP contribution in [0.2, 0.25) is 0 Å². The lowest BCUT2D eigenvalue weighted by Crippen LogP contribution is -2.49. The second-order valence-electron chi connectivity index (χ2n) is 9.17. The Hall–Kier alpha value is -2.60. The fraction of sp³-hybridized carbons (Fsp3) is 0.520. The van der Waals surface area contributed by atoms with E-state index in [0.717, 1.165) is 37.6 Å². The standard InChI is InChI=1S/C25H37N5O/c1-17(2)28-13-15-29(16-14-28)23-12-11-22(26)24(27-23)20-9-7-8-10-21(20)25(31)30(18(3)4)19(5)6/h7-12,17-19H,13-16,26H2,1-6H3. The van der Waals surface area contributed by atoms with Crippen LogP contribution in [0.5, 0.6) is 0 Å². The number of aromatic nitrogens is 1. The van der Waals surface area contributed by atoms with E-state index in [4.69, 9.17) is 10.7 Å². The lowest BCUT2D eigenvalue weighted by Gasteiger charge is -2.37. The van der Waals surface area contributed by atoms with Gasteiger partial charge in [0.2, 0.25) is 0 Å². The maximum atomic E-state index is 13.5. The second-order valence-corrected chi connectivity index (χ2v) is 9.17. The minimum atomic E-state index is 0.0118. The molecule has 1 fully saturated rings. The molecule has 1 aliphatic rings. The molecule has 1 saturated heterocycles. The largest absolute Gasteiger partial charge is 0.397 e. The van der Waals surface area contributed by atoms with Crippen LogP contribution in [0.4, 0.5) is 11.5 Å². The molecule has 31 heavy (non-hydrogen) atoms. The Bertz CT molecular complexity index is 893. The molecule has 1 aliphatic heterocycles. The number of carbonyl (C=O) groups excluding carboxylic acids is 1. The lowest BCUT2D eigenvalue weighted by molar-refractivity contribution is 0.0644. The number of nitrogens with zero attached hydrogens (tertiary/aromatic N) is 4. The number of amides is 1. The summed E-state index contributed by atoms with van der Waals surface area (Å²) in [5.41, 5.74) is 9.07. The molecule has 6 nitrogen and oxygen atoms in total. The van der Waals surface area contributed by atoms with Gasteiger partial charge in [0.15, 0.2) is 0 Å². The summed E-state index contributed by atoms with van der Waals surface area (Å²) in [7, 11) is 0. The van der Waals surface area contributed by atoms with Gasteiger partial charge in [-0.05, 0) is 59.7 Å². The fourth-order valence-corrected chi connectivity index (χ4v) is 4.40.